The summed E-state index contributed by atoms with van der Waals surface area (Å²) in [7, 11) is 0. The Balaban J connectivity index is 1.76. The first-order valence-electron chi connectivity index (χ1n) is 9.04. The van der Waals surface area contributed by atoms with E-state index in [1.165, 1.54) is 0 Å². The van der Waals surface area contributed by atoms with Crippen LogP contribution in [0.4, 0.5) is 0 Å². The first kappa shape index (κ1) is 17.2. The van der Waals surface area contributed by atoms with Crippen LogP contribution in [0.1, 0.15) is 24.4 Å². The molecule has 0 fully saturated rings. The Morgan fingerprint density at radius 1 is 1.07 bits per heavy atom. The molecule has 1 atom stereocenters. The van der Waals surface area contributed by atoms with Crippen LogP contribution in [-0.4, -0.2) is 19.6 Å². The Morgan fingerprint density at radius 2 is 1.93 bits per heavy atom. The highest BCUT2D eigenvalue weighted by atomic mass is 16.3. The van der Waals surface area contributed by atoms with Crippen molar-refractivity contribution < 1.29 is 9.52 Å². The third-order valence-corrected chi connectivity index (χ3v) is 4.57. The normalized spacial score (nSPS) is 12.2. The lowest BCUT2D eigenvalue weighted by Gasteiger charge is -2.14. The highest BCUT2D eigenvalue weighted by Crippen LogP contribution is 2.33. The van der Waals surface area contributed by atoms with E-state index in [0.717, 1.165) is 40.5 Å². The van der Waals surface area contributed by atoms with Gasteiger partial charge in [0.1, 0.15) is 11.5 Å². The number of aliphatic hydroxyl groups is 1. The van der Waals surface area contributed by atoms with Gasteiger partial charge in [0, 0.05) is 29.9 Å². The summed E-state index contributed by atoms with van der Waals surface area (Å²) in [6.07, 6.45) is 5.28. The molecule has 0 aliphatic heterocycles. The van der Waals surface area contributed by atoms with Crippen LogP contribution in [0.5, 0.6) is 0 Å². The van der Waals surface area contributed by atoms with Gasteiger partial charge in [-0.3, -0.25) is 4.98 Å². The molecule has 0 aliphatic rings. The van der Waals surface area contributed by atoms with Crippen LogP contribution in [-0.2, 0) is 13.0 Å². The van der Waals surface area contributed by atoms with Gasteiger partial charge in [-0.2, -0.15) is 0 Å². The second-order valence-corrected chi connectivity index (χ2v) is 6.38. The highest BCUT2D eigenvalue weighted by molar-refractivity contribution is 5.76. The van der Waals surface area contributed by atoms with E-state index in [9.17, 15) is 5.11 Å². The van der Waals surface area contributed by atoms with E-state index in [1.54, 1.807) is 18.7 Å². The average Bonchev–Trinajstić information content (AvgIpc) is 3.36. The largest absolute Gasteiger partial charge is 0.459 e. The van der Waals surface area contributed by atoms with Gasteiger partial charge in [-0.05, 0) is 18.2 Å². The zero-order chi connectivity index (χ0) is 18.6. The highest BCUT2D eigenvalue weighted by Gasteiger charge is 2.20. The van der Waals surface area contributed by atoms with Gasteiger partial charge in [0.2, 0.25) is 0 Å². The lowest BCUT2D eigenvalue weighted by Crippen LogP contribution is -2.09. The molecule has 5 heteroatoms. The van der Waals surface area contributed by atoms with Crippen molar-refractivity contribution in [2.45, 2.75) is 26.0 Å². The van der Waals surface area contributed by atoms with Crippen LogP contribution in [0.3, 0.4) is 0 Å². The SMILES string of the molecule is CCc1ccc(-c2c(-c3ccccc3)ncn2C[C@H](O)c2cccnc2)o1. The van der Waals surface area contributed by atoms with Crippen molar-refractivity contribution in [3.63, 3.8) is 0 Å². The van der Waals surface area contributed by atoms with Gasteiger partial charge in [0.25, 0.3) is 0 Å². The molecule has 0 bridgehead atoms. The predicted molar refractivity (Wildman–Crippen MR) is 104 cm³/mol. The molecule has 0 aliphatic carbocycles. The standard InChI is InChI=1S/C22H21N3O2/c1-2-18-10-11-20(27-18)22-21(16-7-4-3-5-8-16)24-15-25(22)14-19(26)17-9-6-12-23-13-17/h3-13,15,19,26H,2,14H2,1H3/t19-/m0/s1. The molecule has 0 saturated heterocycles. The Hall–Kier alpha value is -3.18. The van der Waals surface area contributed by atoms with Crippen LogP contribution < -0.4 is 0 Å². The molecular weight excluding hydrogens is 338 g/mol. The number of pyridine rings is 1. The molecule has 27 heavy (non-hydrogen) atoms. The van der Waals surface area contributed by atoms with E-state index in [4.69, 9.17) is 4.42 Å². The number of aromatic nitrogens is 3. The lowest BCUT2D eigenvalue weighted by molar-refractivity contribution is 0.156. The van der Waals surface area contributed by atoms with E-state index >= 15 is 0 Å². The summed E-state index contributed by atoms with van der Waals surface area (Å²) in [4.78, 5) is 8.71. The van der Waals surface area contributed by atoms with Crippen LogP contribution >= 0.6 is 0 Å². The van der Waals surface area contributed by atoms with Gasteiger partial charge < -0.3 is 14.1 Å². The molecule has 5 nitrogen and oxygen atoms in total. The smallest absolute Gasteiger partial charge is 0.152 e. The van der Waals surface area contributed by atoms with Gasteiger partial charge in [-0.15, -0.1) is 0 Å². The van der Waals surface area contributed by atoms with E-state index in [-0.39, 0.29) is 0 Å². The molecule has 0 saturated carbocycles. The van der Waals surface area contributed by atoms with Crippen molar-refractivity contribution in [1.29, 1.82) is 0 Å². The fourth-order valence-electron chi connectivity index (χ4n) is 3.15. The quantitative estimate of drug-likeness (QED) is 0.550. The Kier molecular flexibility index (Phi) is 4.85. The van der Waals surface area contributed by atoms with Crippen LogP contribution in [0.15, 0.2) is 77.7 Å². The number of aryl methyl sites for hydroxylation is 1. The summed E-state index contributed by atoms with van der Waals surface area (Å²) in [6.45, 7) is 2.42. The Morgan fingerprint density at radius 3 is 2.63 bits per heavy atom. The van der Waals surface area contributed by atoms with Crippen LogP contribution in [0.25, 0.3) is 22.7 Å². The number of imidazole rings is 1. The minimum atomic E-state index is -0.684. The number of nitrogens with zero attached hydrogens (tertiary/aromatic N) is 3. The fourth-order valence-corrected chi connectivity index (χ4v) is 3.15. The summed E-state index contributed by atoms with van der Waals surface area (Å²) in [5.74, 6) is 1.67. The zero-order valence-electron chi connectivity index (χ0n) is 15.1. The molecule has 136 valence electrons. The maximum absolute atomic E-state index is 10.7. The van der Waals surface area contributed by atoms with Gasteiger partial charge >= 0.3 is 0 Å². The minimum absolute atomic E-state index is 0.364. The van der Waals surface area contributed by atoms with Crippen LogP contribution in [0, 0.1) is 0 Å². The Bertz CT molecular complexity index is 1010. The topological polar surface area (TPSA) is 64.1 Å². The maximum atomic E-state index is 10.7. The molecule has 1 aromatic carbocycles. The number of hydrogen-bond acceptors (Lipinski definition) is 4. The molecule has 3 heterocycles. The maximum Gasteiger partial charge on any atom is 0.152 e. The third-order valence-electron chi connectivity index (χ3n) is 4.57. The molecule has 0 amide bonds. The number of aliphatic hydroxyl groups excluding tert-OH is 1. The minimum Gasteiger partial charge on any atom is -0.459 e. The van der Waals surface area contributed by atoms with Gasteiger partial charge in [-0.25, -0.2) is 4.98 Å². The van der Waals surface area contributed by atoms with Crippen molar-refractivity contribution in [2.75, 3.05) is 0 Å². The van der Waals surface area contributed by atoms with E-state index in [2.05, 4.69) is 16.9 Å². The lowest BCUT2D eigenvalue weighted by atomic mass is 10.1. The molecular formula is C22H21N3O2. The molecule has 4 aromatic rings. The molecule has 3 aromatic heterocycles. The summed E-state index contributed by atoms with van der Waals surface area (Å²) in [6, 6.07) is 17.7. The van der Waals surface area contributed by atoms with E-state index < -0.39 is 6.10 Å². The van der Waals surface area contributed by atoms with Crippen molar-refractivity contribution in [1.82, 2.24) is 14.5 Å². The molecule has 1 N–H and O–H groups in total. The van der Waals surface area contributed by atoms with Crippen molar-refractivity contribution in [3.8, 4) is 22.7 Å². The summed E-state index contributed by atoms with van der Waals surface area (Å²) in [5, 5.41) is 10.7. The average molecular weight is 359 g/mol. The number of rotatable bonds is 6. The van der Waals surface area contributed by atoms with Gasteiger partial charge in [0.15, 0.2) is 5.76 Å². The summed E-state index contributed by atoms with van der Waals surface area (Å²) < 4.78 is 7.96. The van der Waals surface area contributed by atoms with Crippen LogP contribution in [0.2, 0.25) is 0 Å². The van der Waals surface area contributed by atoms with Crippen molar-refractivity contribution in [2.24, 2.45) is 0 Å². The first-order chi connectivity index (χ1) is 13.3. The first-order valence-corrected chi connectivity index (χ1v) is 9.04. The van der Waals surface area contributed by atoms with Crippen molar-refractivity contribution in [3.05, 3.63) is 84.6 Å². The fraction of sp³-hybridized carbons (Fsp3) is 0.182. The van der Waals surface area contributed by atoms with E-state index in [0.29, 0.717) is 6.54 Å². The molecule has 0 spiro atoms. The monoisotopic (exact) mass is 359 g/mol. The second kappa shape index (κ2) is 7.60. The molecule has 0 radical (unpaired) electrons. The number of benzene rings is 1. The second-order valence-electron chi connectivity index (χ2n) is 6.38. The van der Waals surface area contributed by atoms with Crippen molar-refractivity contribution >= 4 is 0 Å². The van der Waals surface area contributed by atoms with Gasteiger partial charge in [0.05, 0.1) is 24.7 Å². The van der Waals surface area contributed by atoms with Gasteiger partial charge in [-0.1, -0.05) is 43.3 Å². The summed E-state index contributed by atoms with van der Waals surface area (Å²) >= 11 is 0. The third kappa shape index (κ3) is 3.55. The number of furan rings is 1. The molecule has 0 unspecified atom stereocenters. The number of hydrogen-bond donors (Lipinski definition) is 1. The predicted octanol–water partition coefficient (Wildman–Crippen LogP) is 4.50. The molecule has 4 rings (SSSR count). The van der Waals surface area contributed by atoms with E-state index in [1.807, 2.05) is 59.2 Å². The Labute approximate surface area is 158 Å². The zero-order valence-corrected chi connectivity index (χ0v) is 15.1. The summed E-state index contributed by atoms with van der Waals surface area (Å²) in [5.41, 5.74) is 3.48.